The number of aliphatic imine (C=N–C) groups is 1. The molecule has 0 amide bonds. The van der Waals surface area contributed by atoms with Gasteiger partial charge in [-0.1, -0.05) is 0 Å². The molecule has 1 unspecified atom stereocenters. The van der Waals surface area contributed by atoms with Crippen LogP contribution in [-0.2, 0) is 4.74 Å². The summed E-state index contributed by atoms with van der Waals surface area (Å²) >= 11 is 0. The molecule has 0 aliphatic carbocycles. The summed E-state index contributed by atoms with van der Waals surface area (Å²) in [6, 6.07) is 7.53. The number of guanidine groups is 1. The number of methoxy groups -OCH3 is 1. The first-order valence-corrected chi connectivity index (χ1v) is 6.68. The molecule has 2 rings (SSSR count). The van der Waals surface area contributed by atoms with Crippen LogP contribution in [0.2, 0.25) is 0 Å². The Morgan fingerprint density at radius 1 is 1.50 bits per heavy atom. The summed E-state index contributed by atoms with van der Waals surface area (Å²) in [7, 11) is 3.72. The number of nitrogens with zero attached hydrogens (tertiary/aromatic N) is 2. The van der Waals surface area contributed by atoms with E-state index in [2.05, 4.69) is 22.3 Å². The molecule has 0 saturated carbocycles. The summed E-state index contributed by atoms with van der Waals surface area (Å²) in [6.45, 7) is 3.18. The smallest absolute Gasteiger partial charge is 0.193 e. The van der Waals surface area contributed by atoms with Crippen LogP contribution in [0.15, 0.2) is 29.3 Å². The molecular formula is C14H22N4O2. The summed E-state index contributed by atoms with van der Waals surface area (Å²) in [5, 5.41) is 3.05. The van der Waals surface area contributed by atoms with Crippen LogP contribution >= 0.6 is 0 Å². The van der Waals surface area contributed by atoms with Gasteiger partial charge in [-0.2, -0.15) is 0 Å². The Morgan fingerprint density at radius 3 is 2.90 bits per heavy atom. The van der Waals surface area contributed by atoms with Crippen molar-refractivity contribution in [3.63, 3.8) is 0 Å². The van der Waals surface area contributed by atoms with E-state index in [9.17, 15) is 0 Å². The lowest BCUT2D eigenvalue weighted by atomic mass is 10.3. The van der Waals surface area contributed by atoms with Crippen LogP contribution in [0.4, 0.5) is 5.69 Å². The van der Waals surface area contributed by atoms with Crippen LogP contribution in [0, 0.1) is 0 Å². The Kier molecular flexibility index (Phi) is 5.20. The van der Waals surface area contributed by atoms with Crippen molar-refractivity contribution in [1.82, 2.24) is 4.90 Å². The standard InChI is InChI=1S/C14H22N4O2/c1-18-7-8-20-13(10-18)9-16-14(15)17-11-3-5-12(19-2)6-4-11/h3-6,13H,7-10H2,1-2H3,(H3,15,16,17). The van der Waals surface area contributed by atoms with Crippen molar-refractivity contribution in [1.29, 1.82) is 0 Å². The molecule has 0 spiro atoms. The second-order valence-corrected chi connectivity index (χ2v) is 4.83. The maximum Gasteiger partial charge on any atom is 0.193 e. The third-order valence-corrected chi connectivity index (χ3v) is 3.17. The van der Waals surface area contributed by atoms with E-state index in [4.69, 9.17) is 15.2 Å². The van der Waals surface area contributed by atoms with Gasteiger partial charge in [0.05, 0.1) is 26.4 Å². The predicted molar refractivity (Wildman–Crippen MR) is 80.3 cm³/mol. The number of hydrogen-bond donors (Lipinski definition) is 2. The average molecular weight is 278 g/mol. The van der Waals surface area contributed by atoms with Crippen LogP contribution in [0.25, 0.3) is 0 Å². The summed E-state index contributed by atoms with van der Waals surface area (Å²) in [5.74, 6) is 1.21. The van der Waals surface area contributed by atoms with Crippen molar-refractivity contribution < 1.29 is 9.47 Å². The molecule has 0 bridgehead atoms. The molecule has 1 aliphatic rings. The zero-order valence-corrected chi connectivity index (χ0v) is 12.0. The highest BCUT2D eigenvalue weighted by Gasteiger charge is 2.16. The molecule has 0 aromatic heterocycles. The molecule has 110 valence electrons. The van der Waals surface area contributed by atoms with Gasteiger partial charge in [0.25, 0.3) is 0 Å². The quantitative estimate of drug-likeness (QED) is 0.628. The van der Waals surface area contributed by atoms with Gasteiger partial charge < -0.3 is 25.4 Å². The van der Waals surface area contributed by atoms with Crippen molar-refractivity contribution in [2.75, 3.05) is 45.7 Å². The Morgan fingerprint density at radius 2 is 2.25 bits per heavy atom. The number of nitrogens with one attached hydrogen (secondary N) is 1. The van der Waals surface area contributed by atoms with Gasteiger partial charge in [-0.15, -0.1) is 0 Å². The van der Waals surface area contributed by atoms with Crippen molar-refractivity contribution in [3.05, 3.63) is 24.3 Å². The molecule has 1 saturated heterocycles. The van der Waals surface area contributed by atoms with Gasteiger partial charge in [0.2, 0.25) is 0 Å². The second kappa shape index (κ2) is 7.12. The van der Waals surface area contributed by atoms with E-state index < -0.39 is 0 Å². The molecule has 1 fully saturated rings. The lowest BCUT2D eigenvalue weighted by Gasteiger charge is -2.29. The zero-order valence-electron chi connectivity index (χ0n) is 12.0. The minimum Gasteiger partial charge on any atom is -0.497 e. The van der Waals surface area contributed by atoms with Gasteiger partial charge in [-0.05, 0) is 31.3 Å². The van der Waals surface area contributed by atoms with Gasteiger partial charge in [0.15, 0.2) is 5.96 Å². The first-order valence-electron chi connectivity index (χ1n) is 6.68. The topological polar surface area (TPSA) is 72.1 Å². The third kappa shape index (κ3) is 4.40. The average Bonchev–Trinajstić information content (AvgIpc) is 2.46. The molecule has 0 radical (unpaired) electrons. The lowest BCUT2D eigenvalue weighted by molar-refractivity contribution is -0.0136. The fraction of sp³-hybridized carbons (Fsp3) is 0.500. The first-order chi connectivity index (χ1) is 9.67. The predicted octanol–water partition coefficient (Wildman–Crippen LogP) is 0.752. The van der Waals surface area contributed by atoms with Gasteiger partial charge in [0, 0.05) is 18.8 Å². The number of anilines is 1. The number of morpholine rings is 1. The van der Waals surface area contributed by atoms with Crippen molar-refractivity contribution in [3.8, 4) is 5.75 Å². The number of likely N-dealkylation sites (N-methyl/N-ethyl adjacent to an activating group) is 1. The molecule has 20 heavy (non-hydrogen) atoms. The molecule has 1 atom stereocenters. The van der Waals surface area contributed by atoms with Crippen LogP contribution in [-0.4, -0.2) is 57.4 Å². The molecule has 6 nitrogen and oxygen atoms in total. The molecule has 6 heteroatoms. The number of ether oxygens (including phenoxy) is 2. The van der Waals surface area contributed by atoms with Crippen LogP contribution in [0.3, 0.4) is 0 Å². The maximum atomic E-state index is 5.87. The Hall–Kier alpha value is -1.79. The van der Waals surface area contributed by atoms with E-state index >= 15 is 0 Å². The summed E-state index contributed by atoms with van der Waals surface area (Å²) < 4.78 is 10.7. The van der Waals surface area contributed by atoms with Crippen LogP contribution < -0.4 is 15.8 Å². The zero-order chi connectivity index (χ0) is 14.4. The number of rotatable bonds is 4. The Bertz CT molecular complexity index is 447. The maximum absolute atomic E-state index is 5.87. The van der Waals surface area contributed by atoms with E-state index in [0.29, 0.717) is 12.5 Å². The van der Waals surface area contributed by atoms with Crippen LogP contribution in [0.5, 0.6) is 5.75 Å². The Balaban J connectivity index is 1.83. The van der Waals surface area contributed by atoms with Gasteiger partial charge in [-0.25, -0.2) is 0 Å². The summed E-state index contributed by atoms with van der Waals surface area (Å²) in [4.78, 5) is 6.55. The van der Waals surface area contributed by atoms with Crippen LogP contribution in [0.1, 0.15) is 0 Å². The fourth-order valence-corrected chi connectivity index (χ4v) is 2.04. The molecule has 1 heterocycles. The normalized spacial score (nSPS) is 20.7. The van der Waals surface area contributed by atoms with E-state index in [-0.39, 0.29) is 6.10 Å². The lowest BCUT2D eigenvalue weighted by Crippen LogP contribution is -2.41. The minimum absolute atomic E-state index is 0.116. The number of hydrogen-bond acceptors (Lipinski definition) is 4. The van der Waals surface area contributed by atoms with Gasteiger partial charge in [-0.3, -0.25) is 4.99 Å². The molecular weight excluding hydrogens is 256 g/mol. The second-order valence-electron chi connectivity index (χ2n) is 4.83. The molecule has 1 aromatic rings. The highest BCUT2D eigenvalue weighted by Crippen LogP contribution is 2.14. The third-order valence-electron chi connectivity index (χ3n) is 3.17. The minimum atomic E-state index is 0.116. The van der Waals surface area contributed by atoms with E-state index in [0.717, 1.165) is 31.1 Å². The highest BCUT2D eigenvalue weighted by atomic mass is 16.5. The monoisotopic (exact) mass is 278 g/mol. The first kappa shape index (κ1) is 14.6. The van der Waals surface area contributed by atoms with E-state index in [1.807, 2.05) is 24.3 Å². The van der Waals surface area contributed by atoms with Crippen molar-refractivity contribution >= 4 is 11.6 Å². The number of benzene rings is 1. The SMILES string of the molecule is COc1ccc(NC(N)=NCC2CN(C)CCO2)cc1. The molecule has 1 aliphatic heterocycles. The largest absolute Gasteiger partial charge is 0.497 e. The van der Waals surface area contributed by atoms with Gasteiger partial charge >= 0.3 is 0 Å². The highest BCUT2D eigenvalue weighted by molar-refractivity contribution is 5.92. The summed E-state index contributed by atoms with van der Waals surface area (Å²) in [6.07, 6.45) is 0.116. The van der Waals surface area contributed by atoms with E-state index in [1.165, 1.54) is 0 Å². The van der Waals surface area contributed by atoms with Crippen molar-refractivity contribution in [2.45, 2.75) is 6.10 Å². The molecule has 1 aromatic carbocycles. The van der Waals surface area contributed by atoms with Crippen molar-refractivity contribution in [2.24, 2.45) is 10.7 Å². The van der Waals surface area contributed by atoms with Gasteiger partial charge in [0.1, 0.15) is 5.75 Å². The number of nitrogens with two attached hydrogens (primary N) is 1. The Labute approximate surface area is 119 Å². The molecule has 3 N–H and O–H groups in total. The fourth-order valence-electron chi connectivity index (χ4n) is 2.04. The van der Waals surface area contributed by atoms with E-state index in [1.54, 1.807) is 7.11 Å². The summed E-state index contributed by atoms with van der Waals surface area (Å²) in [5.41, 5.74) is 6.75.